The van der Waals surface area contributed by atoms with Crippen LogP contribution >= 0.6 is 0 Å². The van der Waals surface area contributed by atoms with Crippen LogP contribution in [0.15, 0.2) is 0 Å². The Hall–Kier alpha value is -1.73. The van der Waals surface area contributed by atoms with Crippen LogP contribution < -0.4 is 5.32 Å². The van der Waals surface area contributed by atoms with Gasteiger partial charge in [0, 0.05) is 6.92 Å². The van der Waals surface area contributed by atoms with Crippen molar-refractivity contribution in [3.63, 3.8) is 0 Å². The Morgan fingerprint density at radius 1 is 0.371 bits per heavy atom. The van der Waals surface area contributed by atoms with Gasteiger partial charge < -0.3 is 154 Å². The van der Waals surface area contributed by atoms with Crippen molar-refractivity contribution < 1.29 is 154 Å². The zero-order valence-electron chi connectivity index (χ0n) is 37.0. The molecule has 0 aromatic rings. The van der Waals surface area contributed by atoms with Crippen LogP contribution in [0.5, 0.6) is 0 Å². The smallest absolute Gasteiger partial charge is 0.217 e. The van der Waals surface area contributed by atoms with E-state index < -0.39 is 230 Å². The summed E-state index contributed by atoms with van der Waals surface area (Å²) in [5, 5.41) is 203. The first kappa shape index (κ1) is 57.5. The molecule has 6 fully saturated rings. The number of nitrogens with one attached hydrogen (secondary N) is 1. The van der Waals surface area contributed by atoms with Crippen molar-refractivity contribution in [2.75, 3.05) is 39.6 Å². The lowest BCUT2D eigenvalue weighted by atomic mass is 9.95. The summed E-state index contributed by atoms with van der Waals surface area (Å²) in [4.78, 5) is 12.4. The highest BCUT2D eigenvalue weighted by Crippen LogP contribution is 2.36. The lowest BCUT2D eigenvalue weighted by Crippen LogP contribution is -2.68. The van der Waals surface area contributed by atoms with Crippen molar-refractivity contribution in [3.8, 4) is 0 Å². The van der Waals surface area contributed by atoms with Crippen LogP contribution in [0.4, 0.5) is 0 Å². The van der Waals surface area contributed by atoms with Gasteiger partial charge >= 0.3 is 0 Å². The maximum Gasteiger partial charge on any atom is 0.217 e. The first-order chi connectivity index (χ1) is 33.1. The van der Waals surface area contributed by atoms with Crippen molar-refractivity contribution in [1.29, 1.82) is 0 Å². The van der Waals surface area contributed by atoms with Gasteiger partial charge in [-0.25, -0.2) is 0 Å². The molecule has 0 aromatic carbocycles. The summed E-state index contributed by atoms with van der Waals surface area (Å²) in [6.45, 7) is -4.61. The molecule has 0 radical (unpaired) electrons. The molecular formula is C38H65NO31. The van der Waals surface area contributed by atoms with E-state index >= 15 is 0 Å². The summed E-state index contributed by atoms with van der Waals surface area (Å²) in [7, 11) is 0. The molecule has 0 aliphatic carbocycles. The lowest BCUT2D eigenvalue weighted by molar-refractivity contribution is -0.392. The molecule has 6 heterocycles. The number of aliphatic hydroxyl groups excluding tert-OH is 19. The molecule has 6 aliphatic rings. The van der Waals surface area contributed by atoms with E-state index in [-0.39, 0.29) is 0 Å². The molecule has 1 amide bonds. The molecule has 70 heavy (non-hydrogen) atoms. The number of carbonyl (C=O) groups excluding carboxylic acids is 1. The quantitative estimate of drug-likeness (QED) is 0.0643. The molecule has 32 heteroatoms. The lowest BCUT2D eigenvalue weighted by Gasteiger charge is -2.49. The van der Waals surface area contributed by atoms with Crippen LogP contribution in [-0.4, -0.2) is 327 Å². The molecule has 0 bridgehead atoms. The van der Waals surface area contributed by atoms with E-state index in [1.165, 1.54) is 0 Å². The van der Waals surface area contributed by atoms with E-state index in [9.17, 15) is 102 Å². The SMILES string of the molecule is CC(=O)N[C@H]1[C@H](OC[C@H]2O[C@@H](O[C@H]3[C@@H](O)[C@@H](CO)O[C@@H](O[C@H]4[C@H](O)[C@@H](O)C(O)O[C@@H]4CO)[C@@H]3O)[C@H](O)[C@@H](O[C@@H]3O[C@H](CO)[C@H](O)[C@H](O)[C@H]3O)[C@H]2O)O[C@H](CO)[C@@H](O[C@@H]2O[C@H](CO)[C@H](O)[C@H](O)[C@H]2O)[C@@H]1O. The van der Waals surface area contributed by atoms with Gasteiger partial charge in [0.15, 0.2) is 37.7 Å². The number of hydrogen-bond donors (Lipinski definition) is 20. The second kappa shape index (κ2) is 24.7. The van der Waals surface area contributed by atoms with Gasteiger partial charge in [-0.15, -0.1) is 0 Å². The van der Waals surface area contributed by atoms with Crippen LogP contribution in [0.25, 0.3) is 0 Å². The van der Waals surface area contributed by atoms with Gasteiger partial charge in [0.25, 0.3) is 0 Å². The Kier molecular flexibility index (Phi) is 20.3. The monoisotopic (exact) mass is 1030 g/mol. The van der Waals surface area contributed by atoms with E-state index in [0.717, 1.165) is 6.92 Å². The Bertz CT molecular complexity index is 1620. The molecule has 0 spiro atoms. The summed E-state index contributed by atoms with van der Waals surface area (Å²) in [6.07, 6.45) is -55.7. The molecule has 6 saturated heterocycles. The van der Waals surface area contributed by atoms with Crippen LogP contribution in [0, 0.1) is 0 Å². The molecule has 6 rings (SSSR count). The summed E-state index contributed by atoms with van der Waals surface area (Å²) >= 11 is 0. The Balaban J connectivity index is 1.26. The molecule has 0 aromatic heterocycles. The minimum Gasteiger partial charge on any atom is -0.394 e. The maximum atomic E-state index is 12.4. The number of carbonyl (C=O) groups is 1. The average molecular weight is 1030 g/mol. The second-order valence-corrected chi connectivity index (χ2v) is 17.5. The summed E-state index contributed by atoms with van der Waals surface area (Å²) in [5.74, 6) is -0.808. The highest BCUT2D eigenvalue weighted by molar-refractivity contribution is 5.73. The number of rotatable bonds is 17. The average Bonchev–Trinajstić information content (AvgIpc) is 3.33. The van der Waals surface area contributed by atoms with Crippen LogP contribution in [0.2, 0.25) is 0 Å². The standard InChI is InChI=1S/C38H65NO31/c1-8(45)39-15-20(50)29(67-35-25(55)21(51)16(46)9(2-40)62-35)13(6-44)65-34(15)60-7-14-19(49)32(69-36-26(56)22(52)17(47)10(3-41)63-36)28(58)38(66-14)70-31-18(48)11(4-42)64-37(27(31)57)68-30-12(5-43)61-33(59)24(54)23(30)53/h9-38,40-44,46-59H,2-7H2,1H3,(H,39,45)/t9-,10-,11-,12-,13-,14-,15-,16+,17+,18+,19+,20-,21+,22+,23-,24-,25-,26-,27-,28-,29-,30-,31+,32+,33?,34-,35+,36+,37+,38+/m1/s1. The van der Waals surface area contributed by atoms with Gasteiger partial charge in [-0.1, -0.05) is 0 Å². The number of amides is 1. The van der Waals surface area contributed by atoms with E-state index in [0.29, 0.717) is 0 Å². The predicted molar refractivity (Wildman–Crippen MR) is 211 cm³/mol. The van der Waals surface area contributed by atoms with Gasteiger partial charge in [-0.2, -0.15) is 0 Å². The van der Waals surface area contributed by atoms with Gasteiger partial charge in [-0.3, -0.25) is 4.79 Å². The molecule has 1 unspecified atom stereocenters. The van der Waals surface area contributed by atoms with Crippen molar-refractivity contribution in [2.24, 2.45) is 0 Å². The minimum atomic E-state index is -2.28. The molecule has 408 valence electrons. The molecular weight excluding hydrogens is 966 g/mol. The molecule has 0 saturated carbocycles. The summed E-state index contributed by atoms with van der Waals surface area (Å²) < 4.78 is 61.8. The van der Waals surface area contributed by atoms with E-state index in [1.807, 2.05) is 0 Å². The zero-order valence-corrected chi connectivity index (χ0v) is 37.0. The number of ether oxygens (including phenoxy) is 11. The third-order valence-corrected chi connectivity index (χ3v) is 12.8. The van der Waals surface area contributed by atoms with Crippen LogP contribution in [0.3, 0.4) is 0 Å². The Morgan fingerprint density at radius 2 is 0.729 bits per heavy atom. The molecule has 32 nitrogen and oxygen atoms in total. The largest absolute Gasteiger partial charge is 0.394 e. The van der Waals surface area contributed by atoms with Crippen LogP contribution in [0.1, 0.15) is 6.92 Å². The highest BCUT2D eigenvalue weighted by Gasteiger charge is 2.57. The fourth-order valence-corrected chi connectivity index (χ4v) is 8.81. The number of hydrogen-bond acceptors (Lipinski definition) is 31. The van der Waals surface area contributed by atoms with Crippen LogP contribution in [-0.2, 0) is 56.9 Å². The fourth-order valence-electron chi connectivity index (χ4n) is 8.81. The van der Waals surface area contributed by atoms with Crippen molar-refractivity contribution in [3.05, 3.63) is 0 Å². The Morgan fingerprint density at radius 3 is 1.17 bits per heavy atom. The summed E-state index contributed by atoms with van der Waals surface area (Å²) in [6, 6.07) is -1.67. The third kappa shape index (κ3) is 12.0. The summed E-state index contributed by atoms with van der Waals surface area (Å²) in [5.41, 5.74) is 0. The number of aliphatic hydroxyl groups is 19. The zero-order chi connectivity index (χ0) is 51.6. The van der Waals surface area contributed by atoms with E-state index in [1.54, 1.807) is 0 Å². The van der Waals surface area contributed by atoms with Gasteiger partial charge in [-0.05, 0) is 0 Å². The van der Waals surface area contributed by atoms with E-state index in [4.69, 9.17) is 52.1 Å². The second-order valence-electron chi connectivity index (χ2n) is 17.5. The maximum absolute atomic E-state index is 12.4. The normalized spacial score (nSPS) is 51.5. The Labute approximate surface area is 395 Å². The van der Waals surface area contributed by atoms with Gasteiger partial charge in [0.2, 0.25) is 5.91 Å². The molecule has 20 N–H and O–H groups in total. The third-order valence-electron chi connectivity index (χ3n) is 12.8. The van der Waals surface area contributed by atoms with Gasteiger partial charge in [0.05, 0.1) is 39.6 Å². The topological polar surface area (TPSA) is 515 Å². The van der Waals surface area contributed by atoms with E-state index in [2.05, 4.69) is 5.32 Å². The van der Waals surface area contributed by atoms with Crippen molar-refractivity contribution in [2.45, 2.75) is 191 Å². The highest BCUT2D eigenvalue weighted by atomic mass is 16.8. The van der Waals surface area contributed by atoms with Crippen molar-refractivity contribution in [1.82, 2.24) is 5.32 Å². The predicted octanol–water partition coefficient (Wildman–Crippen LogP) is -14.0. The molecule has 6 aliphatic heterocycles. The first-order valence-corrected chi connectivity index (χ1v) is 22.1. The van der Waals surface area contributed by atoms with Crippen molar-refractivity contribution >= 4 is 5.91 Å². The first-order valence-electron chi connectivity index (χ1n) is 22.1. The minimum absolute atomic E-state index is 0.808. The molecule has 30 atom stereocenters. The fraction of sp³-hybridized carbons (Fsp3) is 0.974. The van der Waals surface area contributed by atoms with Gasteiger partial charge in [0.1, 0.15) is 146 Å².